The van der Waals surface area contributed by atoms with E-state index in [9.17, 15) is 4.79 Å². The van der Waals surface area contributed by atoms with E-state index in [1.807, 2.05) is 17.0 Å². The second-order valence-corrected chi connectivity index (χ2v) is 7.85. The molecular formula is C20H25ClN4O2. The molecular weight excluding hydrogens is 364 g/mol. The summed E-state index contributed by atoms with van der Waals surface area (Å²) in [7, 11) is 0. The number of aromatic nitrogens is 2. The fourth-order valence-corrected chi connectivity index (χ4v) is 4.20. The van der Waals surface area contributed by atoms with Crippen molar-refractivity contribution in [3.05, 3.63) is 34.7 Å². The second kappa shape index (κ2) is 8.40. The number of nitrogens with zero attached hydrogens (tertiary/aromatic N) is 3. The molecule has 3 heterocycles. The summed E-state index contributed by atoms with van der Waals surface area (Å²) < 4.78 is 5.79. The number of hydrogen-bond donors (Lipinski definition) is 1. The largest absolute Gasteiger partial charge is 0.420 e. The molecule has 0 aliphatic carbocycles. The summed E-state index contributed by atoms with van der Waals surface area (Å²) in [5.74, 6) is 1.34. The van der Waals surface area contributed by atoms with E-state index in [0.29, 0.717) is 22.7 Å². The molecule has 1 amide bonds. The predicted octanol–water partition coefficient (Wildman–Crippen LogP) is 3.41. The third-order valence-electron chi connectivity index (χ3n) is 5.46. The van der Waals surface area contributed by atoms with Crippen LogP contribution in [-0.2, 0) is 11.2 Å². The van der Waals surface area contributed by atoms with Crippen LogP contribution in [0.2, 0.25) is 5.02 Å². The van der Waals surface area contributed by atoms with Gasteiger partial charge in [0.25, 0.3) is 0 Å². The number of rotatable bonds is 4. The molecule has 2 aliphatic heterocycles. The summed E-state index contributed by atoms with van der Waals surface area (Å²) in [6.07, 6.45) is 5.70. The van der Waals surface area contributed by atoms with E-state index in [1.54, 1.807) is 0 Å². The molecule has 4 rings (SSSR count). The molecule has 1 aromatic heterocycles. The smallest absolute Gasteiger partial charge is 0.247 e. The fraction of sp³-hybridized carbons (Fsp3) is 0.550. The van der Waals surface area contributed by atoms with Crippen molar-refractivity contribution < 1.29 is 9.21 Å². The van der Waals surface area contributed by atoms with Gasteiger partial charge in [0.15, 0.2) is 0 Å². The first-order valence-electron chi connectivity index (χ1n) is 9.81. The van der Waals surface area contributed by atoms with Gasteiger partial charge in [-0.2, -0.15) is 0 Å². The molecule has 2 aliphatic rings. The first kappa shape index (κ1) is 18.4. The number of nitrogens with one attached hydrogen (secondary N) is 1. The van der Waals surface area contributed by atoms with Gasteiger partial charge in [0.05, 0.1) is 0 Å². The molecule has 144 valence electrons. The van der Waals surface area contributed by atoms with E-state index in [-0.39, 0.29) is 12.3 Å². The van der Waals surface area contributed by atoms with E-state index < -0.39 is 0 Å². The number of benzene rings is 1. The normalized spacial score (nSPS) is 18.6. The van der Waals surface area contributed by atoms with Gasteiger partial charge in [-0.1, -0.05) is 11.6 Å². The highest BCUT2D eigenvalue weighted by Gasteiger charge is 2.21. The van der Waals surface area contributed by atoms with Gasteiger partial charge in [0, 0.05) is 23.7 Å². The lowest BCUT2D eigenvalue weighted by Gasteiger charge is -2.26. The maximum atomic E-state index is 12.4. The number of hydrogen-bond acceptors (Lipinski definition) is 5. The Hall–Kier alpha value is -1.92. The zero-order valence-electron chi connectivity index (χ0n) is 15.4. The van der Waals surface area contributed by atoms with Crippen molar-refractivity contribution in [2.45, 2.75) is 44.4 Å². The van der Waals surface area contributed by atoms with Crippen LogP contribution >= 0.6 is 11.6 Å². The standard InChI is InChI=1S/C20H25ClN4O2/c21-17-11-15(14-4-6-22-7-5-14)10-16(12-17)20-24-23-18(27-20)13-19(26)25-8-2-1-3-9-25/h10-12,14,22H,1-9,13H2. The van der Waals surface area contributed by atoms with Gasteiger partial charge in [0.2, 0.25) is 17.7 Å². The maximum absolute atomic E-state index is 12.4. The number of likely N-dealkylation sites (tertiary alicyclic amines) is 1. The monoisotopic (exact) mass is 388 g/mol. The van der Waals surface area contributed by atoms with Gasteiger partial charge in [-0.05, 0) is 74.9 Å². The van der Waals surface area contributed by atoms with Crippen LogP contribution in [0, 0.1) is 0 Å². The Morgan fingerprint density at radius 3 is 2.70 bits per heavy atom. The van der Waals surface area contributed by atoms with Crippen molar-refractivity contribution in [3.63, 3.8) is 0 Å². The van der Waals surface area contributed by atoms with Crippen LogP contribution in [-0.4, -0.2) is 47.2 Å². The Balaban J connectivity index is 1.49. The fourth-order valence-electron chi connectivity index (χ4n) is 3.95. The molecule has 0 spiro atoms. The average molecular weight is 389 g/mol. The van der Waals surface area contributed by atoms with Crippen molar-refractivity contribution in [3.8, 4) is 11.5 Å². The van der Waals surface area contributed by atoms with Crippen LogP contribution in [0.15, 0.2) is 22.6 Å². The van der Waals surface area contributed by atoms with E-state index in [4.69, 9.17) is 16.0 Å². The van der Waals surface area contributed by atoms with Crippen LogP contribution in [0.25, 0.3) is 11.5 Å². The highest BCUT2D eigenvalue weighted by molar-refractivity contribution is 6.30. The molecule has 0 radical (unpaired) electrons. The summed E-state index contributed by atoms with van der Waals surface area (Å²) >= 11 is 6.35. The number of carbonyl (C=O) groups excluding carboxylic acids is 1. The summed E-state index contributed by atoms with van der Waals surface area (Å²) in [6.45, 7) is 3.70. The van der Waals surface area contributed by atoms with Gasteiger partial charge in [-0.25, -0.2) is 0 Å². The van der Waals surface area contributed by atoms with Crippen molar-refractivity contribution in [1.29, 1.82) is 0 Å². The Morgan fingerprint density at radius 1 is 1.15 bits per heavy atom. The topological polar surface area (TPSA) is 71.3 Å². The van der Waals surface area contributed by atoms with Crippen LogP contribution in [0.3, 0.4) is 0 Å². The van der Waals surface area contributed by atoms with Crippen molar-refractivity contribution >= 4 is 17.5 Å². The number of halogens is 1. The molecule has 6 nitrogen and oxygen atoms in total. The molecule has 2 saturated heterocycles. The van der Waals surface area contributed by atoms with Crippen molar-refractivity contribution in [1.82, 2.24) is 20.4 Å². The SMILES string of the molecule is O=C(Cc1nnc(-c2cc(Cl)cc(C3CCNCC3)c2)o1)N1CCCCC1. The Bertz CT molecular complexity index is 795. The van der Waals surface area contributed by atoms with Gasteiger partial charge in [0.1, 0.15) is 6.42 Å². The average Bonchev–Trinajstić information content (AvgIpc) is 3.17. The summed E-state index contributed by atoms with van der Waals surface area (Å²) in [5, 5.41) is 12.3. The van der Waals surface area contributed by atoms with E-state index in [2.05, 4.69) is 21.6 Å². The molecule has 2 fully saturated rings. The molecule has 1 aromatic carbocycles. The van der Waals surface area contributed by atoms with Crippen LogP contribution < -0.4 is 5.32 Å². The van der Waals surface area contributed by atoms with Crippen LogP contribution in [0.4, 0.5) is 0 Å². The first-order valence-corrected chi connectivity index (χ1v) is 10.2. The molecule has 7 heteroatoms. The number of amides is 1. The van der Waals surface area contributed by atoms with Gasteiger partial charge < -0.3 is 14.6 Å². The second-order valence-electron chi connectivity index (χ2n) is 7.42. The van der Waals surface area contributed by atoms with E-state index >= 15 is 0 Å². The van der Waals surface area contributed by atoms with E-state index in [0.717, 1.165) is 57.4 Å². The quantitative estimate of drug-likeness (QED) is 0.868. The Labute approximate surface area is 164 Å². The minimum Gasteiger partial charge on any atom is -0.420 e. The van der Waals surface area contributed by atoms with Gasteiger partial charge >= 0.3 is 0 Å². The minimum absolute atomic E-state index is 0.0615. The molecule has 27 heavy (non-hydrogen) atoms. The Morgan fingerprint density at radius 2 is 1.93 bits per heavy atom. The molecule has 0 unspecified atom stereocenters. The zero-order valence-corrected chi connectivity index (χ0v) is 16.2. The van der Waals surface area contributed by atoms with Gasteiger partial charge in [-0.3, -0.25) is 4.79 Å². The number of piperidine rings is 2. The highest BCUT2D eigenvalue weighted by atomic mass is 35.5. The summed E-state index contributed by atoms with van der Waals surface area (Å²) in [4.78, 5) is 14.3. The Kier molecular flexibility index (Phi) is 5.74. The first-order chi connectivity index (χ1) is 13.2. The zero-order chi connectivity index (χ0) is 18.6. The maximum Gasteiger partial charge on any atom is 0.247 e. The lowest BCUT2D eigenvalue weighted by Crippen LogP contribution is -2.36. The minimum atomic E-state index is 0.0615. The summed E-state index contributed by atoms with van der Waals surface area (Å²) in [5.41, 5.74) is 2.03. The van der Waals surface area contributed by atoms with Gasteiger partial charge in [-0.15, -0.1) is 10.2 Å². The lowest BCUT2D eigenvalue weighted by atomic mass is 9.89. The predicted molar refractivity (Wildman–Crippen MR) is 104 cm³/mol. The third-order valence-corrected chi connectivity index (χ3v) is 5.67. The van der Waals surface area contributed by atoms with Crippen molar-refractivity contribution in [2.75, 3.05) is 26.2 Å². The van der Waals surface area contributed by atoms with Crippen molar-refractivity contribution in [2.24, 2.45) is 0 Å². The molecule has 2 aromatic rings. The van der Waals surface area contributed by atoms with E-state index in [1.165, 1.54) is 12.0 Å². The third kappa shape index (κ3) is 4.50. The molecule has 1 N–H and O–H groups in total. The lowest BCUT2D eigenvalue weighted by molar-refractivity contribution is -0.131. The molecule has 0 atom stereocenters. The highest BCUT2D eigenvalue weighted by Crippen LogP contribution is 2.31. The summed E-state index contributed by atoms with van der Waals surface area (Å²) in [6, 6.07) is 5.96. The molecule has 0 bridgehead atoms. The number of carbonyl (C=O) groups is 1. The van der Waals surface area contributed by atoms with Crippen LogP contribution in [0.5, 0.6) is 0 Å². The van der Waals surface area contributed by atoms with Crippen LogP contribution in [0.1, 0.15) is 49.5 Å². The molecule has 0 saturated carbocycles.